The van der Waals surface area contributed by atoms with Gasteiger partial charge in [-0.25, -0.2) is 0 Å². The Morgan fingerprint density at radius 3 is 2.77 bits per heavy atom. The van der Waals surface area contributed by atoms with Crippen LogP contribution in [0.4, 0.5) is 13.2 Å². The Bertz CT molecular complexity index is 575. The van der Waals surface area contributed by atoms with Gasteiger partial charge >= 0.3 is 6.18 Å². The van der Waals surface area contributed by atoms with Crippen molar-refractivity contribution in [2.24, 2.45) is 0 Å². The first-order chi connectivity index (χ1) is 10.3. The van der Waals surface area contributed by atoms with Gasteiger partial charge in [0.1, 0.15) is 6.54 Å². The van der Waals surface area contributed by atoms with E-state index in [9.17, 15) is 27.9 Å². The number of rotatable bonds is 4. The number of carboxylic acids is 1. The van der Waals surface area contributed by atoms with Gasteiger partial charge in [-0.05, 0) is 12.1 Å². The van der Waals surface area contributed by atoms with Crippen LogP contribution in [0.3, 0.4) is 0 Å². The molecule has 0 saturated carbocycles. The van der Waals surface area contributed by atoms with Crippen LogP contribution in [-0.2, 0) is 22.3 Å². The maximum atomic E-state index is 12.7. The molecule has 0 spiro atoms. The zero-order valence-corrected chi connectivity index (χ0v) is 11.6. The van der Waals surface area contributed by atoms with E-state index in [1.54, 1.807) is 0 Å². The molecule has 2 N–H and O–H groups in total. The highest BCUT2D eigenvalue weighted by molar-refractivity contribution is 5.84. The lowest BCUT2D eigenvalue weighted by molar-refractivity contribution is -0.930. The average Bonchev–Trinajstić information content (AvgIpc) is 2.42. The van der Waals surface area contributed by atoms with Crippen LogP contribution in [-0.4, -0.2) is 31.0 Å². The number of hydrogen-bond donors (Lipinski definition) is 2. The van der Waals surface area contributed by atoms with Gasteiger partial charge in [-0.2, -0.15) is 13.2 Å². The maximum absolute atomic E-state index is 12.7. The SMILES string of the molecule is O=C([O-])C[C@@H]1C(=O)NCC[NH+]1Cc1cccc(C(F)(F)F)c1. The number of amides is 1. The average molecular weight is 316 g/mol. The van der Waals surface area contributed by atoms with E-state index >= 15 is 0 Å². The number of aliphatic carboxylic acids is 1. The molecule has 1 aliphatic heterocycles. The molecule has 1 fully saturated rings. The number of carboxylic acid groups (broad SMARTS) is 1. The molecule has 1 amide bonds. The smallest absolute Gasteiger partial charge is 0.416 e. The van der Waals surface area contributed by atoms with Gasteiger partial charge in [0.25, 0.3) is 5.91 Å². The van der Waals surface area contributed by atoms with Crippen molar-refractivity contribution in [1.82, 2.24) is 5.32 Å². The molecule has 2 atom stereocenters. The quantitative estimate of drug-likeness (QED) is 0.727. The van der Waals surface area contributed by atoms with Gasteiger partial charge in [0.15, 0.2) is 6.04 Å². The third kappa shape index (κ3) is 3.97. The summed E-state index contributed by atoms with van der Waals surface area (Å²) >= 11 is 0. The second kappa shape index (κ2) is 6.35. The number of piperazine rings is 1. The normalized spacial score (nSPS) is 22.2. The Labute approximate surface area is 124 Å². The molecular weight excluding hydrogens is 301 g/mol. The van der Waals surface area contributed by atoms with Crippen LogP contribution in [0.1, 0.15) is 17.5 Å². The van der Waals surface area contributed by atoms with Crippen molar-refractivity contribution in [3.63, 3.8) is 0 Å². The molecule has 2 rings (SSSR count). The lowest BCUT2D eigenvalue weighted by atomic mass is 10.1. The van der Waals surface area contributed by atoms with Crippen LogP contribution in [0.2, 0.25) is 0 Å². The summed E-state index contributed by atoms with van der Waals surface area (Å²) in [6.07, 6.45) is -4.89. The van der Waals surface area contributed by atoms with Crippen molar-refractivity contribution in [3.05, 3.63) is 35.4 Å². The molecule has 0 aliphatic carbocycles. The minimum Gasteiger partial charge on any atom is -0.550 e. The Morgan fingerprint density at radius 1 is 1.41 bits per heavy atom. The molecule has 8 heteroatoms. The minimum atomic E-state index is -4.44. The summed E-state index contributed by atoms with van der Waals surface area (Å²) in [7, 11) is 0. The standard InChI is InChI=1S/C14H15F3N2O3/c15-14(16,17)10-3-1-2-9(6-10)8-19-5-4-18-13(22)11(19)7-12(20)21/h1-3,6,11H,4-5,7-8H2,(H,18,22)(H,20,21)/t11-/m1/s1. The van der Waals surface area contributed by atoms with Crippen LogP contribution >= 0.6 is 0 Å². The van der Waals surface area contributed by atoms with Gasteiger partial charge < -0.3 is 20.1 Å². The van der Waals surface area contributed by atoms with Crippen molar-refractivity contribution in [1.29, 1.82) is 0 Å². The highest BCUT2D eigenvalue weighted by Crippen LogP contribution is 2.29. The Balaban J connectivity index is 2.17. The Morgan fingerprint density at radius 2 is 2.14 bits per heavy atom. The predicted octanol–water partition coefficient (Wildman–Crippen LogP) is -1.27. The number of carbonyl (C=O) groups is 2. The summed E-state index contributed by atoms with van der Waals surface area (Å²) in [5.41, 5.74) is -0.356. The molecule has 1 aromatic carbocycles. The van der Waals surface area contributed by atoms with Crippen molar-refractivity contribution in [3.8, 4) is 0 Å². The fourth-order valence-electron chi connectivity index (χ4n) is 2.56. The fraction of sp³-hybridized carbons (Fsp3) is 0.429. The van der Waals surface area contributed by atoms with Crippen LogP contribution in [0.25, 0.3) is 0 Å². The topological polar surface area (TPSA) is 73.7 Å². The van der Waals surface area contributed by atoms with E-state index in [2.05, 4.69) is 5.32 Å². The lowest BCUT2D eigenvalue weighted by Crippen LogP contribution is -3.18. The first-order valence-electron chi connectivity index (χ1n) is 6.75. The Kier molecular flexibility index (Phi) is 4.70. The van der Waals surface area contributed by atoms with Crippen molar-refractivity contribution >= 4 is 11.9 Å². The van der Waals surface area contributed by atoms with E-state index in [1.807, 2.05) is 0 Å². The van der Waals surface area contributed by atoms with Crippen LogP contribution in [0.15, 0.2) is 24.3 Å². The second-order valence-corrected chi connectivity index (χ2v) is 5.20. The summed E-state index contributed by atoms with van der Waals surface area (Å²) in [6, 6.07) is 3.98. The second-order valence-electron chi connectivity index (χ2n) is 5.20. The zero-order valence-electron chi connectivity index (χ0n) is 11.6. The highest BCUT2D eigenvalue weighted by atomic mass is 19.4. The number of nitrogens with one attached hydrogen (secondary N) is 2. The molecule has 1 saturated heterocycles. The van der Waals surface area contributed by atoms with Gasteiger partial charge in [0, 0.05) is 18.0 Å². The minimum absolute atomic E-state index is 0.148. The first kappa shape index (κ1) is 16.3. The largest absolute Gasteiger partial charge is 0.550 e. The molecule has 0 aromatic heterocycles. The number of halogens is 3. The van der Waals surface area contributed by atoms with Crippen molar-refractivity contribution in [2.75, 3.05) is 13.1 Å². The zero-order chi connectivity index (χ0) is 16.3. The Hall–Kier alpha value is -2.09. The molecule has 0 radical (unpaired) electrons. The van der Waals surface area contributed by atoms with Crippen molar-refractivity contribution in [2.45, 2.75) is 25.2 Å². The summed E-state index contributed by atoms with van der Waals surface area (Å²) in [4.78, 5) is 23.1. The van der Waals surface area contributed by atoms with E-state index in [-0.39, 0.29) is 6.54 Å². The molecule has 1 aromatic rings. The molecule has 22 heavy (non-hydrogen) atoms. The summed E-state index contributed by atoms with van der Waals surface area (Å²) in [6.45, 7) is 0.950. The maximum Gasteiger partial charge on any atom is 0.416 e. The number of quaternary nitrogens is 1. The number of alkyl halides is 3. The van der Waals surface area contributed by atoms with Crippen LogP contribution in [0.5, 0.6) is 0 Å². The summed E-state index contributed by atoms with van der Waals surface area (Å²) in [5, 5.41) is 13.3. The monoisotopic (exact) mass is 316 g/mol. The predicted molar refractivity (Wildman–Crippen MR) is 67.4 cm³/mol. The third-order valence-corrected chi connectivity index (χ3v) is 3.61. The van der Waals surface area contributed by atoms with E-state index < -0.39 is 36.1 Å². The number of carbonyl (C=O) groups excluding carboxylic acids is 2. The summed E-state index contributed by atoms with van der Waals surface area (Å²) in [5.74, 6) is -1.78. The highest BCUT2D eigenvalue weighted by Gasteiger charge is 2.34. The first-order valence-corrected chi connectivity index (χ1v) is 6.75. The third-order valence-electron chi connectivity index (χ3n) is 3.61. The summed E-state index contributed by atoms with van der Waals surface area (Å²) < 4.78 is 38.1. The van der Waals surface area contributed by atoms with Gasteiger partial charge in [0.2, 0.25) is 0 Å². The molecule has 0 bridgehead atoms. The van der Waals surface area contributed by atoms with E-state index in [0.717, 1.165) is 12.1 Å². The van der Waals surface area contributed by atoms with Gasteiger partial charge in [-0.15, -0.1) is 0 Å². The van der Waals surface area contributed by atoms with Gasteiger partial charge in [-0.3, -0.25) is 4.79 Å². The fourth-order valence-corrected chi connectivity index (χ4v) is 2.56. The van der Waals surface area contributed by atoms with E-state index in [0.29, 0.717) is 23.6 Å². The molecule has 120 valence electrons. The van der Waals surface area contributed by atoms with Crippen LogP contribution < -0.4 is 15.3 Å². The number of benzene rings is 1. The van der Waals surface area contributed by atoms with E-state index in [4.69, 9.17) is 0 Å². The van der Waals surface area contributed by atoms with Gasteiger partial charge in [-0.1, -0.05) is 12.1 Å². The molecule has 1 heterocycles. The van der Waals surface area contributed by atoms with Crippen LogP contribution in [0, 0.1) is 0 Å². The molecular formula is C14H15F3N2O3. The molecule has 5 nitrogen and oxygen atoms in total. The van der Waals surface area contributed by atoms with E-state index in [1.165, 1.54) is 12.1 Å². The molecule has 1 unspecified atom stereocenters. The van der Waals surface area contributed by atoms with Crippen molar-refractivity contribution < 1.29 is 32.8 Å². The lowest BCUT2D eigenvalue weighted by Gasteiger charge is -2.32. The van der Waals surface area contributed by atoms with Gasteiger partial charge in [0.05, 0.1) is 18.7 Å². The molecule has 1 aliphatic rings. The number of hydrogen-bond acceptors (Lipinski definition) is 3.